The van der Waals surface area contributed by atoms with Gasteiger partial charge in [-0.1, -0.05) is 72.3 Å². The van der Waals surface area contributed by atoms with E-state index in [4.69, 9.17) is 14.2 Å². The van der Waals surface area contributed by atoms with Crippen LogP contribution >= 0.6 is 15.9 Å². The number of nitrogens with zero attached hydrogens (tertiary/aromatic N) is 3. The summed E-state index contributed by atoms with van der Waals surface area (Å²) in [7, 11) is 1.50. The van der Waals surface area contributed by atoms with Crippen molar-refractivity contribution in [2.75, 3.05) is 49.8 Å². The number of allylic oxidation sites excluding steroid dienone is 1. The Morgan fingerprint density at radius 2 is 1.73 bits per heavy atom. The molecule has 5 rings (SSSR count). The lowest BCUT2D eigenvalue weighted by Gasteiger charge is -2.40. The zero-order chi connectivity index (χ0) is 40.7. The minimum atomic E-state index is -1.41. The highest BCUT2D eigenvalue weighted by Crippen LogP contribution is 2.61. The number of halogens is 1. The predicted octanol–water partition coefficient (Wildman–Crippen LogP) is 5.20. The summed E-state index contributed by atoms with van der Waals surface area (Å²) in [5.41, 5.74) is 0.848. The van der Waals surface area contributed by atoms with Crippen molar-refractivity contribution in [3.05, 3.63) is 85.5 Å². The number of amides is 3. The van der Waals surface area contributed by atoms with Gasteiger partial charge in [0.2, 0.25) is 11.8 Å². The summed E-state index contributed by atoms with van der Waals surface area (Å²) in [5, 5.41) is 13.7. The summed E-state index contributed by atoms with van der Waals surface area (Å²) in [5.74, 6) is -4.20. The van der Waals surface area contributed by atoms with E-state index < -0.39 is 77.0 Å². The molecule has 0 radical (unpaired) electrons. The highest BCUT2D eigenvalue weighted by atomic mass is 79.9. The van der Waals surface area contributed by atoms with Gasteiger partial charge in [-0.3, -0.25) is 19.2 Å². The number of rotatable bonds is 20. The van der Waals surface area contributed by atoms with Crippen LogP contribution in [0.25, 0.3) is 0 Å². The van der Waals surface area contributed by atoms with Crippen LogP contribution in [-0.2, 0) is 33.4 Å². The van der Waals surface area contributed by atoms with Crippen LogP contribution in [0.2, 0.25) is 0 Å². The summed E-state index contributed by atoms with van der Waals surface area (Å²) in [6.45, 7) is 17.0. The van der Waals surface area contributed by atoms with E-state index in [1.54, 1.807) is 29.2 Å². The lowest BCUT2D eigenvalue weighted by atomic mass is 9.70. The van der Waals surface area contributed by atoms with E-state index in [-0.39, 0.29) is 37.8 Å². The maximum Gasteiger partial charge on any atom is 0.313 e. The van der Waals surface area contributed by atoms with E-state index in [1.807, 2.05) is 56.3 Å². The van der Waals surface area contributed by atoms with Crippen LogP contribution in [0, 0.1) is 17.8 Å². The minimum absolute atomic E-state index is 0.0383. The molecule has 12 nitrogen and oxygen atoms in total. The Labute approximate surface area is 339 Å². The number of likely N-dealkylation sites (tertiary alicyclic amines) is 1. The summed E-state index contributed by atoms with van der Waals surface area (Å²) in [6.07, 6.45) is 2.45. The topological polar surface area (TPSA) is 138 Å². The molecule has 2 N–H and O–H groups in total. The fraction of sp³-hybridized carbons (Fsp3) is 0.535. The third-order valence-corrected chi connectivity index (χ3v) is 12.3. The van der Waals surface area contributed by atoms with E-state index in [1.165, 1.54) is 12.0 Å². The molecule has 1 spiro atoms. The molecule has 2 bridgehead atoms. The molecular formula is C43H57BrN4O8. The average Bonchev–Trinajstić information content (AvgIpc) is 3.79. The predicted molar refractivity (Wildman–Crippen MR) is 219 cm³/mol. The van der Waals surface area contributed by atoms with Crippen molar-refractivity contribution in [1.29, 1.82) is 0 Å². The zero-order valence-corrected chi connectivity index (χ0v) is 34.7. The van der Waals surface area contributed by atoms with E-state index in [0.29, 0.717) is 17.7 Å². The van der Waals surface area contributed by atoms with Gasteiger partial charge in [0.1, 0.15) is 17.7 Å². The first-order valence-corrected chi connectivity index (χ1v) is 20.5. The first-order chi connectivity index (χ1) is 26.9. The highest BCUT2D eigenvalue weighted by molar-refractivity contribution is 9.09. The van der Waals surface area contributed by atoms with Crippen molar-refractivity contribution in [3.8, 4) is 0 Å². The van der Waals surface area contributed by atoms with E-state index in [9.17, 15) is 19.5 Å². The van der Waals surface area contributed by atoms with Crippen molar-refractivity contribution >= 4 is 51.0 Å². The van der Waals surface area contributed by atoms with Crippen molar-refractivity contribution < 1.29 is 38.5 Å². The van der Waals surface area contributed by atoms with Gasteiger partial charge >= 0.3 is 5.97 Å². The Hall–Kier alpha value is -4.04. The Balaban J connectivity index is 1.56. The largest absolute Gasteiger partial charge is 0.455 e. The average molecular weight is 838 g/mol. The van der Waals surface area contributed by atoms with Crippen LogP contribution in [0.3, 0.4) is 0 Å². The number of carbonyl (C=O) groups excluding carboxylic acids is 4. The number of carbonyl (C=O) groups is 4. The molecule has 3 amide bonds. The number of methoxy groups -OCH3 is 1. The lowest BCUT2D eigenvalue weighted by Crippen LogP contribution is -2.60. The van der Waals surface area contributed by atoms with Gasteiger partial charge in [0.25, 0.3) is 5.91 Å². The van der Waals surface area contributed by atoms with Crippen LogP contribution in [0.4, 0.5) is 11.4 Å². The molecule has 3 saturated heterocycles. The summed E-state index contributed by atoms with van der Waals surface area (Å²) in [6, 6.07) is 14.1. The number of hydrogen-bond donors (Lipinski definition) is 2. The molecule has 13 heteroatoms. The number of esters is 1. The van der Waals surface area contributed by atoms with Crippen LogP contribution in [0.5, 0.6) is 0 Å². The van der Waals surface area contributed by atoms with Gasteiger partial charge in [0, 0.05) is 49.4 Å². The van der Waals surface area contributed by atoms with E-state index in [0.717, 1.165) is 18.8 Å². The summed E-state index contributed by atoms with van der Waals surface area (Å²) in [4.78, 5) is 62.8. The molecule has 56 heavy (non-hydrogen) atoms. The van der Waals surface area contributed by atoms with E-state index >= 15 is 4.79 Å². The van der Waals surface area contributed by atoms with Crippen molar-refractivity contribution in [3.63, 3.8) is 0 Å². The minimum Gasteiger partial charge on any atom is -0.455 e. The van der Waals surface area contributed by atoms with Gasteiger partial charge in [-0.05, 0) is 62.4 Å². The first-order valence-electron chi connectivity index (χ1n) is 19.6. The van der Waals surface area contributed by atoms with Crippen LogP contribution in [-0.4, -0.2) is 108 Å². The molecule has 1 unspecified atom stereocenters. The molecule has 3 fully saturated rings. The highest BCUT2D eigenvalue weighted by Gasteiger charge is 2.78. The number of nitrogens with one attached hydrogen (secondary N) is 1. The Kier molecular flexibility index (Phi) is 14.6. The molecule has 3 aliphatic rings. The number of ether oxygens (including phenoxy) is 3. The molecule has 0 aromatic heterocycles. The molecule has 3 aliphatic heterocycles. The van der Waals surface area contributed by atoms with Crippen molar-refractivity contribution in [2.24, 2.45) is 17.8 Å². The molecule has 2 aromatic carbocycles. The van der Waals surface area contributed by atoms with E-state index in [2.05, 4.69) is 53.2 Å². The number of aliphatic hydroxyl groups excluding tert-OH is 1. The Morgan fingerprint density at radius 3 is 2.30 bits per heavy atom. The van der Waals surface area contributed by atoms with Gasteiger partial charge in [-0.15, -0.1) is 13.2 Å². The lowest BCUT2D eigenvalue weighted by molar-refractivity contribution is -0.163. The normalized spacial score (nSPS) is 25.3. The molecule has 0 saturated carbocycles. The third-order valence-electron chi connectivity index (χ3n) is 11.4. The van der Waals surface area contributed by atoms with Crippen LogP contribution in [0.15, 0.2) is 79.9 Å². The maximum atomic E-state index is 15.2. The number of alkyl halides is 1. The molecule has 3 heterocycles. The quantitative estimate of drug-likeness (QED) is 0.105. The van der Waals surface area contributed by atoms with Gasteiger partial charge in [0.15, 0.2) is 0 Å². The first kappa shape index (κ1) is 43.1. The number of aliphatic hydroxyl groups is 1. The monoisotopic (exact) mass is 836 g/mol. The van der Waals surface area contributed by atoms with Crippen molar-refractivity contribution in [1.82, 2.24) is 10.2 Å². The van der Waals surface area contributed by atoms with Crippen molar-refractivity contribution in [2.45, 2.75) is 87.7 Å². The van der Waals surface area contributed by atoms with Gasteiger partial charge in [-0.25, -0.2) is 0 Å². The zero-order valence-electron chi connectivity index (χ0n) is 33.1. The Bertz CT molecular complexity index is 1700. The number of anilines is 2. The summed E-state index contributed by atoms with van der Waals surface area (Å²) < 4.78 is 18.7. The molecule has 304 valence electrons. The second kappa shape index (κ2) is 18.9. The second-order valence-electron chi connectivity index (χ2n) is 15.1. The second-order valence-corrected chi connectivity index (χ2v) is 16.2. The molecule has 2 aromatic rings. The maximum absolute atomic E-state index is 15.2. The van der Waals surface area contributed by atoms with Crippen LogP contribution < -0.4 is 15.1 Å². The Morgan fingerprint density at radius 1 is 1.07 bits per heavy atom. The molecule has 0 aliphatic carbocycles. The third kappa shape index (κ3) is 8.32. The molecular weight excluding hydrogens is 780 g/mol. The van der Waals surface area contributed by atoms with Gasteiger partial charge in [-0.2, -0.15) is 0 Å². The number of benzene rings is 2. The van der Waals surface area contributed by atoms with Gasteiger partial charge in [0.05, 0.1) is 43.2 Å². The number of hydrogen-bond acceptors (Lipinski definition) is 9. The fourth-order valence-electron chi connectivity index (χ4n) is 8.75. The standard InChI is InChI=1S/C43H57BrN4O8/c1-8-12-18-34(50)45-32(26-54-7)37(28-16-14-13-15-17-28)55-42(53)35-36-40(51)48(33(25-49)27(5)6)39(43(36)24-31(44)38(35)56-43)41(52)47(23-9-2)30-21-19-29(20-22-30)46(10-3)11-4/h8-9,13-17,19-22,27,31-33,35-39,49H,1-2,10-12,18,23-26H2,3-7H3,(H,45,50)/t31?,32-,33+,35+,36-,37-,38+,39+,43-/m1/s1. The number of fused-ring (bicyclic) bond motifs is 1. The fourth-order valence-corrected chi connectivity index (χ4v) is 9.69. The SMILES string of the molecule is C=CCCC(=O)N[C@H](COC)[C@H](OC(=O)[C@@H]1[C@H]2O[C@@]3(CC2Br)[C@H](C(=O)N(CC=C)c2ccc(N(CC)CC)cc2)N([C@@H](CO)C(C)C)C(=O)[C@@H]13)c1ccccc1. The smallest absolute Gasteiger partial charge is 0.313 e. The van der Waals surface area contributed by atoms with Gasteiger partial charge < -0.3 is 39.3 Å². The molecule has 9 atom stereocenters. The van der Waals surface area contributed by atoms with Crippen LogP contribution in [0.1, 0.15) is 58.6 Å². The summed E-state index contributed by atoms with van der Waals surface area (Å²) >= 11 is 3.76.